The van der Waals surface area contributed by atoms with Gasteiger partial charge in [0.2, 0.25) is 11.9 Å². The normalized spacial score (nSPS) is 19.5. The van der Waals surface area contributed by atoms with Gasteiger partial charge in [-0.05, 0) is 18.6 Å². The van der Waals surface area contributed by atoms with Crippen LogP contribution in [0.1, 0.15) is 17.3 Å². The second-order valence-electron chi connectivity index (χ2n) is 5.90. The molecule has 1 atom stereocenters. The van der Waals surface area contributed by atoms with Crippen molar-refractivity contribution >= 4 is 35.3 Å². The third-order valence-corrected chi connectivity index (χ3v) is 4.65. The predicted molar refractivity (Wildman–Crippen MR) is 87.0 cm³/mol. The molecule has 2 aliphatic heterocycles. The molecule has 1 saturated heterocycles. The Bertz CT molecular complexity index is 904. The first kappa shape index (κ1) is 14.9. The topological polar surface area (TPSA) is 72.6 Å². The van der Waals surface area contributed by atoms with E-state index in [1.807, 2.05) is 25.3 Å². The van der Waals surface area contributed by atoms with Crippen LogP contribution in [0.2, 0.25) is 5.02 Å². The molecule has 8 heteroatoms. The fourth-order valence-corrected chi connectivity index (χ4v) is 3.27. The molecule has 1 unspecified atom stereocenters. The molecule has 0 saturated carbocycles. The molecule has 7 nitrogen and oxygen atoms in total. The number of benzene rings is 1. The Morgan fingerprint density at radius 2 is 2.08 bits per heavy atom. The van der Waals surface area contributed by atoms with Gasteiger partial charge in [-0.1, -0.05) is 34.8 Å². The average molecular weight is 345 g/mol. The quantitative estimate of drug-likeness (QED) is 0.846. The largest absolute Gasteiger partial charge is 0.399 e. The number of rotatable bonds is 2. The monoisotopic (exact) mass is 344 g/mol. The third kappa shape index (κ3) is 2.05. The number of carbonyl (C=O) groups excluding carboxylic acids is 2. The minimum atomic E-state index is -0.630. The number of carbonyl (C=O) groups is 2. The number of hydrogen-bond donors (Lipinski definition) is 1. The van der Waals surface area contributed by atoms with Gasteiger partial charge in [0.05, 0.1) is 6.54 Å². The van der Waals surface area contributed by atoms with Gasteiger partial charge in [0, 0.05) is 12.1 Å². The number of amides is 3. The summed E-state index contributed by atoms with van der Waals surface area (Å²) < 4.78 is 1.76. The standard InChI is InChI=1S/C16H14ClN5O2/c1-9-7-21-12-13(19-15(21)18-9)20(2)16(24)22(14(12)23)8-10-5-3-4-6-11(10)17/h3-7,12H,8H2,1-2H3/p+1. The van der Waals surface area contributed by atoms with Crippen molar-refractivity contribution in [3.8, 4) is 0 Å². The van der Waals surface area contributed by atoms with Crippen LogP contribution in [0.4, 0.5) is 10.7 Å². The van der Waals surface area contributed by atoms with Crippen molar-refractivity contribution in [2.24, 2.45) is 4.99 Å². The molecule has 24 heavy (non-hydrogen) atoms. The summed E-state index contributed by atoms with van der Waals surface area (Å²) in [7, 11) is 1.62. The Labute approximate surface area is 143 Å². The van der Waals surface area contributed by atoms with Gasteiger partial charge in [-0.15, -0.1) is 0 Å². The van der Waals surface area contributed by atoms with Gasteiger partial charge in [0.25, 0.3) is 5.91 Å². The van der Waals surface area contributed by atoms with E-state index in [-0.39, 0.29) is 12.5 Å². The summed E-state index contributed by atoms with van der Waals surface area (Å²) in [6.07, 6.45) is 1.83. The zero-order valence-corrected chi connectivity index (χ0v) is 13.9. The smallest absolute Gasteiger partial charge is 0.270 e. The maximum Gasteiger partial charge on any atom is 0.399 e. The Hall–Kier alpha value is -2.67. The summed E-state index contributed by atoms with van der Waals surface area (Å²) in [6.45, 7) is 2.02. The number of nitrogens with one attached hydrogen (secondary N) is 1. The number of aromatic nitrogens is 2. The number of hydrogen-bond acceptors (Lipinski definition) is 3. The lowest BCUT2D eigenvalue weighted by atomic mass is 10.1. The van der Waals surface area contributed by atoms with Gasteiger partial charge >= 0.3 is 12.0 Å². The lowest BCUT2D eigenvalue weighted by molar-refractivity contribution is -0.676. The number of fused-ring (bicyclic) bond motifs is 3. The molecular weight excluding hydrogens is 330 g/mol. The zero-order chi connectivity index (χ0) is 17.0. The molecule has 1 aromatic heterocycles. The predicted octanol–water partition coefficient (Wildman–Crippen LogP) is 1.94. The van der Waals surface area contributed by atoms with Crippen molar-refractivity contribution in [1.29, 1.82) is 0 Å². The number of aromatic amines is 1. The molecule has 0 spiro atoms. The molecule has 1 fully saturated rings. The van der Waals surface area contributed by atoms with E-state index in [0.717, 1.165) is 11.3 Å². The second kappa shape index (κ2) is 5.17. The molecule has 3 heterocycles. The number of halogens is 1. The number of amidine groups is 1. The minimum Gasteiger partial charge on any atom is -0.270 e. The molecule has 122 valence electrons. The van der Waals surface area contributed by atoms with Crippen molar-refractivity contribution in [2.45, 2.75) is 19.5 Å². The number of nitrogens with zero attached hydrogens (tertiary/aromatic N) is 4. The fourth-order valence-electron chi connectivity index (χ4n) is 3.07. The lowest BCUT2D eigenvalue weighted by Crippen LogP contribution is -2.62. The van der Waals surface area contributed by atoms with E-state index in [1.54, 1.807) is 23.7 Å². The summed E-state index contributed by atoms with van der Waals surface area (Å²) in [5.74, 6) is 0.700. The zero-order valence-electron chi connectivity index (χ0n) is 13.2. The number of likely N-dealkylation sites (N-methyl/N-ethyl adjacent to an activating group) is 1. The number of aliphatic imine (C=N–C) groups is 1. The van der Waals surface area contributed by atoms with E-state index in [2.05, 4.69) is 9.98 Å². The number of imidazole rings is 1. The third-order valence-electron chi connectivity index (χ3n) is 4.28. The van der Waals surface area contributed by atoms with Crippen molar-refractivity contribution in [3.63, 3.8) is 0 Å². The van der Waals surface area contributed by atoms with Crippen LogP contribution in [0.3, 0.4) is 0 Å². The van der Waals surface area contributed by atoms with Crippen LogP contribution in [0.25, 0.3) is 0 Å². The van der Waals surface area contributed by atoms with E-state index in [4.69, 9.17) is 11.6 Å². The van der Waals surface area contributed by atoms with Gasteiger partial charge in [0.15, 0.2) is 0 Å². The molecule has 2 aromatic rings. The molecule has 0 bridgehead atoms. The van der Waals surface area contributed by atoms with Gasteiger partial charge < -0.3 is 0 Å². The highest BCUT2D eigenvalue weighted by atomic mass is 35.5. The maximum atomic E-state index is 13.0. The van der Waals surface area contributed by atoms with Crippen molar-refractivity contribution in [1.82, 2.24) is 14.8 Å². The van der Waals surface area contributed by atoms with Crippen molar-refractivity contribution in [2.75, 3.05) is 7.05 Å². The van der Waals surface area contributed by atoms with E-state index in [0.29, 0.717) is 16.8 Å². The minimum absolute atomic E-state index is 0.130. The van der Waals surface area contributed by atoms with Crippen LogP contribution in [-0.2, 0) is 11.3 Å². The number of H-pyrrole nitrogens is 1. The lowest BCUT2D eigenvalue weighted by Gasteiger charge is -2.33. The van der Waals surface area contributed by atoms with Crippen LogP contribution in [0.15, 0.2) is 35.5 Å². The first-order valence-corrected chi connectivity index (χ1v) is 7.87. The molecular formula is C16H15ClN5O2+. The summed E-state index contributed by atoms with van der Waals surface area (Å²) in [6, 6.07) is 6.15. The molecule has 3 amide bonds. The second-order valence-corrected chi connectivity index (χ2v) is 6.31. The molecule has 4 rings (SSSR count). The van der Waals surface area contributed by atoms with E-state index >= 15 is 0 Å². The van der Waals surface area contributed by atoms with E-state index in [1.165, 1.54) is 9.80 Å². The molecule has 1 aromatic carbocycles. The van der Waals surface area contributed by atoms with Crippen LogP contribution >= 0.6 is 11.6 Å². The highest BCUT2D eigenvalue weighted by molar-refractivity contribution is 6.31. The highest BCUT2D eigenvalue weighted by Gasteiger charge is 2.52. The summed E-state index contributed by atoms with van der Waals surface area (Å²) in [5, 5.41) is 0.525. The average Bonchev–Trinajstić information content (AvgIpc) is 3.07. The molecule has 1 N–H and O–H groups in total. The fraction of sp³-hybridized carbons (Fsp3) is 0.250. The summed E-state index contributed by atoms with van der Waals surface area (Å²) in [5.41, 5.74) is 1.63. The van der Waals surface area contributed by atoms with E-state index < -0.39 is 12.1 Å². The number of aryl methyl sites for hydroxylation is 1. The van der Waals surface area contributed by atoms with Crippen LogP contribution in [-0.4, -0.2) is 39.6 Å². The number of imide groups is 1. The van der Waals surface area contributed by atoms with Crippen LogP contribution < -0.4 is 4.57 Å². The first-order chi connectivity index (χ1) is 11.5. The Morgan fingerprint density at radius 1 is 1.33 bits per heavy atom. The van der Waals surface area contributed by atoms with Crippen molar-refractivity contribution < 1.29 is 14.2 Å². The highest BCUT2D eigenvalue weighted by Crippen LogP contribution is 2.28. The van der Waals surface area contributed by atoms with Gasteiger partial charge in [0.1, 0.15) is 11.9 Å². The van der Waals surface area contributed by atoms with Crippen LogP contribution in [0.5, 0.6) is 0 Å². The summed E-state index contributed by atoms with van der Waals surface area (Å²) in [4.78, 5) is 35.7. The molecule has 2 aliphatic rings. The SMILES string of the molecule is Cc1c[n+]2c([nH]1)N=C1C2C(=O)N(Cc2ccccc2Cl)C(=O)N1C. The van der Waals surface area contributed by atoms with Crippen LogP contribution in [0, 0.1) is 6.92 Å². The Balaban J connectivity index is 1.73. The Kier molecular flexibility index (Phi) is 3.21. The Morgan fingerprint density at radius 3 is 2.83 bits per heavy atom. The van der Waals surface area contributed by atoms with Crippen molar-refractivity contribution in [3.05, 3.63) is 46.7 Å². The van der Waals surface area contributed by atoms with Gasteiger partial charge in [-0.3, -0.25) is 14.6 Å². The van der Waals surface area contributed by atoms with Gasteiger partial charge in [-0.2, -0.15) is 0 Å². The van der Waals surface area contributed by atoms with Gasteiger partial charge in [-0.25, -0.2) is 14.3 Å². The molecule has 0 aliphatic carbocycles. The van der Waals surface area contributed by atoms with E-state index in [9.17, 15) is 9.59 Å². The summed E-state index contributed by atoms with van der Waals surface area (Å²) >= 11 is 6.17. The first-order valence-electron chi connectivity index (χ1n) is 7.49. The number of urea groups is 1. The maximum absolute atomic E-state index is 13.0. The molecule has 0 radical (unpaired) electrons.